The molecule has 3 atom stereocenters. The summed E-state index contributed by atoms with van der Waals surface area (Å²) in [6.07, 6.45) is 19.5. The number of rotatable bonds is 24. The third kappa shape index (κ3) is 11.4. The first-order valence-electron chi connectivity index (χ1n) is 14.4. The lowest BCUT2D eigenvalue weighted by molar-refractivity contribution is -0.974. The van der Waals surface area contributed by atoms with Gasteiger partial charge in [0.05, 0.1) is 12.5 Å². The molecule has 0 aromatic heterocycles. The molecule has 0 aromatic rings. The standard InChI is InChI=1S/C29H53NO6/c1-5-9-10-11-12-13-14-15-16-17-18-19-20-21-22-23-30(24(6-2)27(31)32,25(7-3)28(33)34)26(8-4)29(35)36/h11-12,24-26H,5-10,13-23H2,1-4H3,(H2-,31,32,33,34,35,36)/b12-11+. The summed E-state index contributed by atoms with van der Waals surface area (Å²) >= 11 is 0. The van der Waals surface area contributed by atoms with Gasteiger partial charge in [0, 0.05) is 19.3 Å². The molecule has 0 aliphatic rings. The van der Waals surface area contributed by atoms with Gasteiger partial charge < -0.3 is 20.1 Å². The largest absolute Gasteiger partial charge is 0.544 e. The molecule has 0 spiro atoms. The normalized spacial score (nSPS) is 15.9. The lowest BCUT2D eigenvalue weighted by atomic mass is 9.93. The molecule has 0 aliphatic carbocycles. The van der Waals surface area contributed by atoms with Crippen LogP contribution in [0.25, 0.3) is 0 Å². The highest BCUT2D eigenvalue weighted by molar-refractivity contribution is 5.77. The van der Waals surface area contributed by atoms with Crippen LogP contribution >= 0.6 is 0 Å². The molecule has 210 valence electrons. The van der Waals surface area contributed by atoms with Crippen molar-refractivity contribution in [2.75, 3.05) is 6.54 Å². The van der Waals surface area contributed by atoms with Crippen LogP contribution in [0.2, 0.25) is 0 Å². The third-order valence-corrected chi connectivity index (χ3v) is 7.55. The maximum atomic E-state index is 12.2. The van der Waals surface area contributed by atoms with Gasteiger partial charge in [-0.25, -0.2) is 9.59 Å². The Bertz CT molecular complexity index is 593. The van der Waals surface area contributed by atoms with Gasteiger partial charge in [-0.1, -0.05) is 91.2 Å². The van der Waals surface area contributed by atoms with Crippen LogP contribution in [0.4, 0.5) is 0 Å². The average Bonchev–Trinajstić information content (AvgIpc) is 2.82. The Labute approximate surface area is 219 Å². The van der Waals surface area contributed by atoms with Gasteiger partial charge in [-0.2, -0.15) is 0 Å². The predicted molar refractivity (Wildman–Crippen MR) is 142 cm³/mol. The number of hydrogen-bond donors (Lipinski definition) is 2. The average molecular weight is 512 g/mol. The predicted octanol–water partition coefficient (Wildman–Crippen LogP) is 5.71. The van der Waals surface area contributed by atoms with Crippen molar-refractivity contribution in [3.8, 4) is 0 Å². The first-order chi connectivity index (χ1) is 17.2. The van der Waals surface area contributed by atoms with Crippen molar-refractivity contribution >= 4 is 17.9 Å². The highest BCUT2D eigenvalue weighted by Gasteiger charge is 2.53. The number of carbonyl (C=O) groups is 3. The first-order valence-corrected chi connectivity index (χ1v) is 14.4. The Hall–Kier alpha value is -1.89. The summed E-state index contributed by atoms with van der Waals surface area (Å²) in [5.74, 6) is -3.66. The number of aliphatic carboxylic acids is 3. The van der Waals surface area contributed by atoms with Gasteiger partial charge in [-0.05, 0) is 32.1 Å². The molecule has 0 rings (SSSR count). The Balaban J connectivity index is 4.85. The molecule has 3 unspecified atom stereocenters. The summed E-state index contributed by atoms with van der Waals surface area (Å²) in [7, 11) is 0. The van der Waals surface area contributed by atoms with Crippen LogP contribution < -0.4 is 5.11 Å². The number of nitrogens with zero attached hydrogens (tertiary/aromatic N) is 1. The van der Waals surface area contributed by atoms with Gasteiger partial charge in [-0.3, -0.25) is 4.48 Å². The fourth-order valence-electron chi connectivity index (χ4n) is 5.71. The number of allylic oxidation sites excluding steroid dienone is 2. The summed E-state index contributed by atoms with van der Waals surface area (Å²) in [5, 5.41) is 32.0. The molecule has 0 heterocycles. The minimum absolute atomic E-state index is 0.129. The van der Waals surface area contributed by atoms with E-state index in [2.05, 4.69) is 19.1 Å². The molecule has 7 heteroatoms. The fourth-order valence-corrected chi connectivity index (χ4v) is 5.71. The lowest BCUT2D eigenvalue weighted by Gasteiger charge is -2.51. The molecule has 0 fully saturated rings. The van der Waals surface area contributed by atoms with Crippen molar-refractivity contribution in [1.29, 1.82) is 0 Å². The molecule has 0 radical (unpaired) electrons. The van der Waals surface area contributed by atoms with E-state index in [-0.39, 0.29) is 25.8 Å². The fraction of sp³-hybridized carbons (Fsp3) is 0.828. The smallest absolute Gasteiger partial charge is 0.362 e. The zero-order valence-electron chi connectivity index (χ0n) is 23.4. The molecule has 0 aromatic carbocycles. The Morgan fingerprint density at radius 1 is 0.639 bits per heavy atom. The second-order valence-corrected chi connectivity index (χ2v) is 10.1. The van der Waals surface area contributed by atoms with Crippen molar-refractivity contribution in [3.05, 3.63) is 12.2 Å². The van der Waals surface area contributed by atoms with Crippen molar-refractivity contribution in [1.82, 2.24) is 0 Å². The van der Waals surface area contributed by atoms with Gasteiger partial charge in [0.15, 0.2) is 12.1 Å². The van der Waals surface area contributed by atoms with E-state index in [1.807, 2.05) is 0 Å². The highest BCUT2D eigenvalue weighted by Crippen LogP contribution is 2.32. The maximum Gasteiger partial charge on any atom is 0.362 e. The van der Waals surface area contributed by atoms with E-state index in [1.165, 1.54) is 51.4 Å². The molecule has 0 aliphatic heterocycles. The lowest BCUT2D eigenvalue weighted by Crippen LogP contribution is -2.73. The van der Waals surface area contributed by atoms with Crippen molar-refractivity contribution in [2.24, 2.45) is 0 Å². The number of unbranched alkanes of at least 4 members (excludes halogenated alkanes) is 11. The molecule has 0 amide bonds. The Kier molecular flexibility index (Phi) is 19.1. The van der Waals surface area contributed by atoms with Crippen LogP contribution in [-0.2, 0) is 14.4 Å². The summed E-state index contributed by atoms with van der Waals surface area (Å²) in [6.45, 7) is 7.46. The Morgan fingerprint density at radius 3 is 1.39 bits per heavy atom. The second-order valence-electron chi connectivity index (χ2n) is 10.1. The second kappa shape index (κ2) is 20.2. The van der Waals surface area contributed by atoms with Crippen LogP contribution in [-0.4, -0.2) is 57.3 Å². The quantitative estimate of drug-likeness (QED) is 0.0975. The molecule has 0 saturated carbocycles. The van der Waals surface area contributed by atoms with Gasteiger partial charge in [0.2, 0.25) is 0 Å². The minimum Gasteiger partial charge on any atom is -0.544 e. The van der Waals surface area contributed by atoms with Crippen LogP contribution in [0.1, 0.15) is 130 Å². The Morgan fingerprint density at radius 2 is 1.03 bits per heavy atom. The maximum absolute atomic E-state index is 12.2. The number of hydrogen-bond acceptors (Lipinski definition) is 4. The van der Waals surface area contributed by atoms with Crippen LogP contribution in [0.15, 0.2) is 12.2 Å². The summed E-state index contributed by atoms with van der Waals surface area (Å²) in [6, 6.07) is -3.38. The zero-order chi connectivity index (χ0) is 27.4. The van der Waals surface area contributed by atoms with E-state index in [0.29, 0.717) is 6.42 Å². The number of carboxylic acids is 3. The van der Waals surface area contributed by atoms with Crippen molar-refractivity contribution in [3.63, 3.8) is 0 Å². The first kappa shape index (κ1) is 34.1. The van der Waals surface area contributed by atoms with Gasteiger partial charge >= 0.3 is 11.9 Å². The SMILES string of the molecule is CCCC/C=C/CCCCCCCCCCC[N+](C(CC)C(=O)[O-])(C(CC)C(=O)O)C(CC)C(=O)O. The number of quaternary nitrogens is 1. The van der Waals surface area contributed by atoms with E-state index < -0.39 is 40.5 Å². The molecule has 0 saturated heterocycles. The summed E-state index contributed by atoms with van der Waals surface area (Å²) in [4.78, 5) is 36.5. The van der Waals surface area contributed by atoms with Crippen molar-refractivity contribution in [2.45, 2.75) is 149 Å². The van der Waals surface area contributed by atoms with E-state index in [1.54, 1.807) is 20.8 Å². The third-order valence-electron chi connectivity index (χ3n) is 7.55. The molecule has 7 nitrogen and oxygen atoms in total. The molecular weight excluding hydrogens is 458 g/mol. The van der Waals surface area contributed by atoms with Crippen molar-refractivity contribution < 1.29 is 34.2 Å². The summed E-state index contributed by atoms with van der Waals surface area (Å²) in [5.41, 5.74) is 0. The minimum atomic E-state index is -1.37. The van der Waals surface area contributed by atoms with E-state index in [0.717, 1.165) is 25.7 Å². The van der Waals surface area contributed by atoms with Gasteiger partial charge in [0.25, 0.3) is 0 Å². The highest BCUT2D eigenvalue weighted by atomic mass is 16.4. The number of carbonyl (C=O) groups excluding carboxylic acids is 1. The van der Waals surface area contributed by atoms with Crippen LogP contribution in [0.3, 0.4) is 0 Å². The molecule has 36 heavy (non-hydrogen) atoms. The van der Waals surface area contributed by atoms with Gasteiger partial charge in [0.1, 0.15) is 6.04 Å². The van der Waals surface area contributed by atoms with Crippen LogP contribution in [0.5, 0.6) is 0 Å². The zero-order valence-corrected chi connectivity index (χ0v) is 23.4. The van der Waals surface area contributed by atoms with E-state index >= 15 is 0 Å². The number of carboxylic acid groups (broad SMARTS) is 3. The monoisotopic (exact) mass is 511 g/mol. The molecule has 0 bridgehead atoms. The van der Waals surface area contributed by atoms with E-state index in [9.17, 15) is 29.7 Å². The molecule has 2 N–H and O–H groups in total. The van der Waals surface area contributed by atoms with Crippen LogP contribution in [0, 0.1) is 0 Å². The van der Waals surface area contributed by atoms with E-state index in [4.69, 9.17) is 0 Å². The van der Waals surface area contributed by atoms with Gasteiger partial charge in [-0.15, -0.1) is 0 Å². The molecular formula is C29H53NO6. The topological polar surface area (TPSA) is 115 Å². The summed E-state index contributed by atoms with van der Waals surface area (Å²) < 4.78 is -0.469.